The zero-order valence-corrected chi connectivity index (χ0v) is 11.4. The van der Waals surface area contributed by atoms with E-state index in [0.717, 1.165) is 0 Å². The first-order valence-corrected chi connectivity index (χ1v) is 8.34. The largest absolute Gasteiger partial charge is 0.362 e. The number of hydrogen-bond acceptors (Lipinski definition) is 7. The molecule has 0 amide bonds. The summed E-state index contributed by atoms with van der Waals surface area (Å²) in [5, 5.41) is 0. The van der Waals surface area contributed by atoms with Crippen LogP contribution in [0.4, 0.5) is 0 Å². The Bertz CT molecular complexity index is 482. The summed E-state index contributed by atoms with van der Waals surface area (Å²) in [4.78, 5) is 3.87. The highest BCUT2D eigenvalue weighted by Crippen LogP contribution is 2.06. The van der Waals surface area contributed by atoms with Gasteiger partial charge in [0.1, 0.15) is 0 Å². The average molecular weight is 284 g/mol. The van der Waals surface area contributed by atoms with Crippen molar-refractivity contribution in [2.75, 3.05) is 32.3 Å². The van der Waals surface area contributed by atoms with Gasteiger partial charge in [0.05, 0.1) is 18.7 Å². The summed E-state index contributed by atoms with van der Waals surface area (Å²) in [6.07, 6.45) is 4.75. The van der Waals surface area contributed by atoms with Crippen LogP contribution < -0.4 is 0 Å². The summed E-state index contributed by atoms with van der Waals surface area (Å²) >= 11 is 0. The zero-order valence-electron chi connectivity index (χ0n) is 9.74. The molecule has 0 saturated heterocycles. The van der Waals surface area contributed by atoms with E-state index in [-0.39, 0.29) is 5.75 Å². The van der Waals surface area contributed by atoms with E-state index in [1.54, 1.807) is 0 Å². The van der Waals surface area contributed by atoms with E-state index < -0.39 is 20.2 Å². The predicted octanol–water partition coefficient (Wildman–Crippen LogP) is -0.641. The van der Waals surface area contributed by atoms with Crippen LogP contribution in [-0.2, 0) is 23.9 Å². The topological polar surface area (TPSA) is 84.0 Å². The van der Waals surface area contributed by atoms with Crippen LogP contribution in [0.1, 0.15) is 6.42 Å². The van der Waals surface area contributed by atoms with Crippen molar-refractivity contribution in [1.29, 1.82) is 0 Å². The SMILES string of the molecule is CN1C=CN(CCCS(=O)(=O)OS(C)(=O)=O)C1. The van der Waals surface area contributed by atoms with E-state index in [1.165, 1.54) is 0 Å². The van der Waals surface area contributed by atoms with Gasteiger partial charge in [-0.1, -0.05) is 0 Å². The van der Waals surface area contributed by atoms with Gasteiger partial charge in [0.2, 0.25) is 0 Å². The Hall–Kier alpha value is -0.800. The highest BCUT2D eigenvalue weighted by molar-refractivity contribution is 7.99. The van der Waals surface area contributed by atoms with E-state index >= 15 is 0 Å². The minimum Gasteiger partial charge on any atom is -0.362 e. The van der Waals surface area contributed by atoms with Crippen molar-refractivity contribution >= 4 is 20.2 Å². The highest BCUT2D eigenvalue weighted by Gasteiger charge is 2.19. The third-order valence-electron chi connectivity index (χ3n) is 2.00. The first kappa shape index (κ1) is 14.3. The molecule has 17 heavy (non-hydrogen) atoms. The van der Waals surface area contributed by atoms with Gasteiger partial charge in [0.15, 0.2) is 0 Å². The van der Waals surface area contributed by atoms with Gasteiger partial charge in [0.25, 0.3) is 20.2 Å². The van der Waals surface area contributed by atoms with Crippen LogP contribution in [0.15, 0.2) is 12.4 Å². The number of rotatable bonds is 6. The fraction of sp³-hybridized carbons (Fsp3) is 0.750. The molecule has 0 aliphatic carbocycles. The summed E-state index contributed by atoms with van der Waals surface area (Å²) in [5.74, 6) is -0.311. The molecule has 1 rings (SSSR count). The van der Waals surface area contributed by atoms with Crippen LogP contribution in [0.3, 0.4) is 0 Å². The van der Waals surface area contributed by atoms with Crippen LogP contribution >= 0.6 is 0 Å². The maximum atomic E-state index is 11.2. The molecule has 0 aromatic rings. The molecule has 1 aliphatic heterocycles. The molecule has 9 heteroatoms. The Kier molecular flexibility index (Phi) is 4.39. The Balaban J connectivity index is 2.34. The second-order valence-corrected chi connectivity index (χ2v) is 7.37. The van der Waals surface area contributed by atoms with Gasteiger partial charge in [-0.2, -0.15) is 16.8 Å². The van der Waals surface area contributed by atoms with Crippen molar-refractivity contribution in [2.24, 2.45) is 0 Å². The van der Waals surface area contributed by atoms with Gasteiger partial charge in [0, 0.05) is 26.0 Å². The van der Waals surface area contributed by atoms with Crippen molar-refractivity contribution < 1.29 is 20.5 Å². The zero-order chi connectivity index (χ0) is 13.1. The van der Waals surface area contributed by atoms with E-state index in [1.807, 2.05) is 29.2 Å². The van der Waals surface area contributed by atoms with Gasteiger partial charge in [-0.3, -0.25) is 0 Å². The molecule has 0 N–H and O–H groups in total. The lowest BCUT2D eigenvalue weighted by Crippen LogP contribution is -2.25. The molecule has 0 fully saturated rings. The average Bonchev–Trinajstić information content (AvgIpc) is 2.46. The van der Waals surface area contributed by atoms with Crippen molar-refractivity contribution in [3.05, 3.63) is 12.4 Å². The number of hydrogen-bond donors (Lipinski definition) is 0. The second kappa shape index (κ2) is 5.23. The molecule has 0 radical (unpaired) electrons. The Morgan fingerprint density at radius 3 is 2.35 bits per heavy atom. The highest BCUT2D eigenvalue weighted by atomic mass is 32.3. The molecule has 0 unspecified atom stereocenters. The number of nitrogens with zero attached hydrogens (tertiary/aromatic N) is 2. The molecule has 0 aromatic heterocycles. The maximum absolute atomic E-state index is 11.2. The Morgan fingerprint density at radius 2 is 1.88 bits per heavy atom. The quantitative estimate of drug-likeness (QED) is 0.641. The Morgan fingerprint density at radius 1 is 1.24 bits per heavy atom. The fourth-order valence-corrected chi connectivity index (χ4v) is 3.66. The second-order valence-electron chi connectivity index (χ2n) is 3.90. The van der Waals surface area contributed by atoms with Crippen LogP contribution in [0.25, 0.3) is 0 Å². The molecule has 1 heterocycles. The molecule has 1 aliphatic rings. The summed E-state index contributed by atoms with van der Waals surface area (Å²) in [7, 11) is -6.06. The lowest BCUT2D eigenvalue weighted by Gasteiger charge is -2.17. The summed E-state index contributed by atoms with van der Waals surface area (Å²) < 4.78 is 47.8. The molecule has 0 aromatic carbocycles. The summed E-state index contributed by atoms with van der Waals surface area (Å²) in [6, 6.07) is 0. The van der Waals surface area contributed by atoms with E-state index in [0.29, 0.717) is 25.9 Å². The Labute approximate surface area is 102 Å². The van der Waals surface area contributed by atoms with Crippen LogP contribution in [0.5, 0.6) is 0 Å². The van der Waals surface area contributed by atoms with Gasteiger partial charge in [-0.15, -0.1) is 3.63 Å². The van der Waals surface area contributed by atoms with Gasteiger partial charge >= 0.3 is 0 Å². The predicted molar refractivity (Wildman–Crippen MR) is 62.8 cm³/mol. The van der Waals surface area contributed by atoms with E-state index in [9.17, 15) is 16.8 Å². The third kappa shape index (κ3) is 5.89. The first-order valence-electron chi connectivity index (χ1n) is 4.94. The van der Waals surface area contributed by atoms with Crippen LogP contribution in [-0.4, -0.2) is 58.9 Å². The molecule has 0 bridgehead atoms. The minimum absolute atomic E-state index is 0.311. The van der Waals surface area contributed by atoms with Gasteiger partial charge < -0.3 is 9.80 Å². The normalized spacial score (nSPS) is 16.8. The van der Waals surface area contributed by atoms with Crippen LogP contribution in [0, 0.1) is 0 Å². The van der Waals surface area contributed by atoms with Gasteiger partial charge in [-0.25, -0.2) is 0 Å². The van der Waals surface area contributed by atoms with Crippen LogP contribution in [0.2, 0.25) is 0 Å². The van der Waals surface area contributed by atoms with Crippen molar-refractivity contribution in [3.63, 3.8) is 0 Å². The molecule has 0 spiro atoms. The van der Waals surface area contributed by atoms with E-state index in [4.69, 9.17) is 0 Å². The lowest BCUT2D eigenvalue weighted by molar-refractivity contribution is 0.297. The molecular weight excluding hydrogens is 268 g/mol. The van der Waals surface area contributed by atoms with Gasteiger partial charge in [-0.05, 0) is 6.42 Å². The third-order valence-corrected chi connectivity index (χ3v) is 4.61. The van der Waals surface area contributed by atoms with E-state index in [2.05, 4.69) is 3.63 Å². The maximum Gasteiger partial charge on any atom is 0.281 e. The summed E-state index contributed by atoms with van der Waals surface area (Å²) in [6.45, 7) is 1.24. The first-order chi connectivity index (χ1) is 7.68. The summed E-state index contributed by atoms with van der Waals surface area (Å²) in [5.41, 5.74) is 0. The molecular formula is C8H16N2O5S2. The monoisotopic (exact) mass is 284 g/mol. The molecule has 7 nitrogen and oxygen atoms in total. The molecule has 0 saturated carbocycles. The lowest BCUT2D eigenvalue weighted by atomic mass is 10.4. The molecule has 100 valence electrons. The standard InChI is InChI=1S/C8H16N2O5S2/c1-9-5-6-10(8-9)4-3-7-17(13,14)15-16(2,11)12/h5-6H,3-4,7-8H2,1-2H3. The van der Waals surface area contributed by atoms with Crippen molar-refractivity contribution in [2.45, 2.75) is 6.42 Å². The minimum atomic E-state index is -4.00. The van der Waals surface area contributed by atoms with Crippen molar-refractivity contribution in [1.82, 2.24) is 9.80 Å². The molecule has 0 atom stereocenters. The fourth-order valence-electron chi connectivity index (χ4n) is 1.40. The van der Waals surface area contributed by atoms with Crippen molar-refractivity contribution in [3.8, 4) is 0 Å². The smallest absolute Gasteiger partial charge is 0.281 e.